The smallest absolute Gasteiger partial charge is 0.252 e. The lowest BCUT2D eigenvalue weighted by molar-refractivity contribution is 0.0754. The number of hydrogen-bond donors (Lipinski definition) is 3. The molecule has 3 aromatic rings. The molecule has 1 aliphatic heterocycles. The van der Waals surface area contributed by atoms with Crippen molar-refractivity contribution in [2.24, 2.45) is 5.73 Å². The van der Waals surface area contributed by atoms with E-state index in [-0.39, 0.29) is 24.2 Å². The molecule has 4 N–H and O–H groups in total. The van der Waals surface area contributed by atoms with Crippen molar-refractivity contribution in [3.8, 4) is 0 Å². The molecule has 0 bridgehead atoms. The van der Waals surface area contributed by atoms with Gasteiger partial charge >= 0.3 is 0 Å². The van der Waals surface area contributed by atoms with Crippen molar-refractivity contribution < 1.29 is 22.4 Å². The lowest BCUT2D eigenvalue weighted by Crippen LogP contribution is -2.36. The maximum atomic E-state index is 14.0. The van der Waals surface area contributed by atoms with E-state index in [1.807, 2.05) is 24.3 Å². The van der Waals surface area contributed by atoms with E-state index in [4.69, 9.17) is 5.73 Å². The topological polar surface area (TPSA) is 83.3 Å². The molecule has 10 heteroatoms. The van der Waals surface area contributed by atoms with Crippen LogP contribution in [0.4, 0.5) is 34.8 Å². The van der Waals surface area contributed by atoms with Crippen LogP contribution in [0.5, 0.6) is 0 Å². The fourth-order valence-corrected chi connectivity index (χ4v) is 4.37. The maximum absolute atomic E-state index is 14.0. The van der Waals surface area contributed by atoms with Gasteiger partial charge in [0.2, 0.25) is 0 Å². The summed E-state index contributed by atoms with van der Waals surface area (Å²) in [4.78, 5) is 17.9. The van der Waals surface area contributed by atoms with Gasteiger partial charge in [-0.25, -0.2) is 22.5 Å². The minimum atomic E-state index is -2.31. The number of aromatic nitrogens is 1. The Hall–Kier alpha value is -3.66. The zero-order valence-corrected chi connectivity index (χ0v) is 19.5. The predicted octanol–water partition coefficient (Wildman–Crippen LogP) is 5.26. The number of nitrogens with one attached hydrogen (secondary N) is 2. The van der Waals surface area contributed by atoms with E-state index in [9.17, 15) is 22.4 Å². The molecule has 1 fully saturated rings. The first-order valence-corrected chi connectivity index (χ1v) is 11.6. The highest BCUT2D eigenvalue weighted by Crippen LogP contribution is 2.30. The molecule has 0 aliphatic carbocycles. The third kappa shape index (κ3) is 6.31. The Balaban J connectivity index is 1.42. The first kappa shape index (κ1) is 25.4. The second kappa shape index (κ2) is 11.4. The second-order valence-corrected chi connectivity index (χ2v) is 8.76. The minimum Gasteiger partial charge on any atom is -0.380 e. The van der Waals surface area contributed by atoms with E-state index in [1.165, 1.54) is 18.3 Å². The van der Waals surface area contributed by atoms with Crippen molar-refractivity contribution in [1.82, 2.24) is 9.88 Å². The average Bonchev–Trinajstić information content (AvgIpc) is 2.85. The number of pyridine rings is 1. The Morgan fingerprint density at radius 2 is 1.83 bits per heavy atom. The van der Waals surface area contributed by atoms with Gasteiger partial charge in [-0.15, -0.1) is 0 Å². The van der Waals surface area contributed by atoms with Crippen LogP contribution in [0.2, 0.25) is 0 Å². The number of benzene rings is 2. The lowest BCUT2D eigenvalue weighted by atomic mass is 9.89. The highest BCUT2D eigenvalue weighted by atomic mass is 19.3. The molecule has 190 valence electrons. The Morgan fingerprint density at radius 3 is 2.50 bits per heavy atom. The highest BCUT2D eigenvalue weighted by Gasteiger charge is 2.22. The third-order valence-corrected chi connectivity index (χ3v) is 6.31. The summed E-state index contributed by atoms with van der Waals surface area (Å²) in [7, 11) is 0. The van der Waals surface area contributed by atoms with Gasteiger partial charge in [-0.05, 0) is 55.6 Å². The van der Waals surface area contributed by atoms with Crippen molar-refractivity contribution in [1.29, 1.82) is 0 Å². The number of alkyl halides is 2. The van der Waals surface area contributed by atoms with Gasteiger partial charge in [-0.1, -0.05) is 24.3 Å². The summed E-state index contributed by atoms with van der Waals surface area (Å²) in [6, 6.07) is 13.3. The number of hydrogen-bond acceptors (Lipinski definition) is 5. The van der Waals surface area contributed by atoms with Crippen LogP contribution < -0.4 is 16.4 Å². The molecule has 1 aliphatic rings. The highest BCUT2D eigenvalue weighted by molar-refractivity contribution is 5.98. The van der Waals surface area contributed by atoms with Gasteiger partial charge in [0.1, 0.15) is 5.82 Å². The van der Waals surface area contributed by atoms with Crippen molar-refractivity contribution >= 4 is 23.1 Å². The van der Waals surface area contributed by atoms with E-state index in [0.717, 1.165) is 30.2 Å². The van der Waals surface area contributed by atoms with E-state index in [0.29, 0.717) is 30.5 Å². The summed E-state index contributed by atoms with van der Waals surface area (Å²) in [5.41, 5.74) is 7.90. The first-order chi connectivity index (χ1) is 17.3. The Kier molecular flexibility index (Phi) is 8.04. The molecule has 0 unspecified atom stereocenters. The molecule has 1 saturated heterocycles. The summed E-state index contributed by atoms with van der Waals surface area (Å²) in [5.74, 6) is -1.88. The summed E-state index contributed by atoms with van der Waals surface area (Å²) >= 11 is 0. The standard InChI is InChI=1S/C26H27F4N5O/c27-21-3-1-2-18(25(21)30)13-32-22-12-24(33-14-20(22)26(31)36)34-19-6-4-16(5-7-19)17-8-10-35(11-9-17)15-23(28)29/h1-7,12,14,17,23H,8-11,13,15H2,(H2,31,36)(H2,32,33,34). The molecule has 0 spiro atoms. The number of anilines is 3. The van der Waals surface area contributed by atoms with Crippen LogP contribution in [0.3, 0.4) is 0 Å². The number of nitrogens with zero attached hydrogens (tertiary/aromatic N) is 2. The van der Waals surface area contributed by atoms with Gasteiger partial charge in [-0.3, -0.25) is 9.69 Å². The second-order valence-electron chi connectivity index (χ2n) is 8.76. The molecular weight excluding hydrogens is 474 g/mol. The van der Waals surface area contributed by atoms with Gasteiger partial charge in [0, 0.05) is 30.1 Å². The molecule has 0 radical (unpaired) electrons. The molecule has 1 aromatic heterocycles. The largest absolute Gasteiger partial charge is 0.380 e. The SMILES string of the molecule is NC(=O)c1cnc(Nc2ccc(C3CCN(CC(F)F)CC3)cc2)cc1NCc1cccc(F)c1F. The van der Waals surface area contributed by atoms with Crippen molar-refractivity contribution in [3.05, 3.63) is 83.1 Å². The van der Waals surface area contributed by atoms with E-state index >= 15 is 0 Å². The number of carbonyl (C=O) groups excluding carboxylic acids is 1. The summed E-state index contributed by atoms with van der Waals surface area (Å²) in [6.45, 7) is 1.07. The number of primary amides is 1. The number of nitrogens with two attached hydrogens (primary N) is 1. The molecular formula is C26H27F4N5O. The Labute approximate surface area is 206 Å². The van der Waals surface area contributed by atoms with Crippen LogP contribution in [-0.4, -0.2) is 41.9 Å². The monoisotopic (exact) mass is 501 g/mol. The van der Waals surface area contributed by atoms with Crippen LogP contribution in [0.15, 0.2) is 54.7 Å². The normalized spacial score (nSPS) is 14.7. The maximum Gasteiger partial charge on any atom is 0.252 e. The number of rotatable bonds is 9. The molecule has 6 nitrogen and oxygen atoms in total. The minimum absolute atomic E-state index is 0.0574. The molecule has 4 rings (SSSR count). The van der Waals surface area contributed by atoms with Gasteiger partial charge in [-0.2, -0.15) is 0 Å². The van der Waals surface area contributed by atoms with Crippen molar-refractivity contribution in [2.75, 3.05) is 30.3 Å². The van der Waals surface area contributed by atoms with Crippen LogP contribution >= 0.6 is 0 Å². The van der Waals surface area contributed by atoms with Crippen LogP contribution in [-0.2, 0) is 6.54 Å². The zero-order chi connectivity index (χ0) is 25.7. The average molecular weight is 502 g/mol. The van der Waals surface area contributed by atoms with E-state index in [1.54, 1.807) is 11.0 Å². The molecule has 0 atom stereocenters. The number of amides is 1. The summed E-state index contributed by atoms with van der Waals surface area (Å²) in [6.07, 6.45) is 0.666. The van der Waals surface area contributed by atoms with Crippen LogP contribution in [0.25, 0.3) is 0 Å². The zero-order valence-electron chi connectivity index (χ0n) is 19.5. The number of halogens is 4. The van der Waals surface area contributed by atoms with E-state index in [2.05, 4.69) is 15.6 Å². The molecule has 36 heavy (non-hydrogen) atoms. The molecule has 0 saturated carbocycles. The third-order valence-electron chi connectivity index (χ3n) is 6.31. The van der Waals surface area contributed by atoms with Gasteiger partial charge in [0.15, 0.2) is 11.6 Å². The van der Waals surface area contributed by atoms with Crippen molar-refractivity contribution in [3.63, 3.8) is 0 Å². The number of likely N-dealkylation sites (tertiary alicyclic amines) is 1. The Morgan fingerprint density at radius 1 is 1.11 bits per heavy atom. The number of carbonyl (C=O) groups is 1. The molecule has 1 amide bonds. The van der Waals surface area contributed by atoms with Gasteiger partial charge < -0.3 is 16.4 Å². The predicted molar refractivity (Wildman–Crippen MR) is 131 cm³/mol. The van der Waals surface area contributed by atoms with Gasteiger partial charge in [0.05, 0.1) is 17.8 Å². The van der Waals surface area contributed by atoms with Crippen LogP contribution in [0.1, 0.15) is 40.2 Å². The Bertz CT molecular complexity index is 1200. The fraction of sp³-hybridized carbons (Fsp3) is 0.308. The first-order valence-electron chi connectivity index (χ1n) is 11.6. The summed E-state index contributed by atoms with van der Waals surface area (Å²) in [5, 5.41) is 6.09. The fourth-order valence-electron chi connectivity index (χ4n) is 4.37. The molecule has 2 aromatic carbocycles. The summed E-state index contributed by atoms with van der Waals surface area (Å²) < 4.78 is 52.7. The number of piperidine rings is 1. The van der Waals surface area contributed by atoms with E-state index < -0.39 is 24.0 Å². The van der Waals surface area contributed by atoms with Gasteiger partial charge in [0.25, 0.3) is 12.3 Å². The quantitative estimate of drug-likeness (QED) is 0.349. The van der Waals surface area contributed by atoms with Crippen molar-refractivity contribution in [2.45, 2.75) is 31.7 Å². The lowest BCUT2D eigenvalue weighted by Gasteiger charge is -2.31. The molecule has 2 heterocycles. The van der Waals surface area contributed by atoms with Crippen LogP contribution in [0, 0.1) is 11.6 Å².